The van der Waals surface area contributed by atoms with E-state index in [1.54, 1.807) is 12.1 Å². The molecule has 0 atom stereocenters. The second kappa shape index (κ2) is 6.15. The van der Waals surface area contributed by atoms with Crippen LogP contribution < -0.4 is 5.32 Å². The molecule has 0 aliphatic carbocycles. The summed E-state index contributed by atoms with van der Waals surface area (Å²) >= 11 is 0. The van der Waals surface area contributed by atoms with Gasteiger partial charge >= 0.3 is 6.09 Å². The molecule has 0 radical (unpaired) electrons. The van der Waals surface area contributed by atoms with Crippen molar-refractivity contribution in [1.29, 1.82) is 0 Å². The van der Waals surface area contributed by atoms with Crippen molar-refractivity contribution in [3.63, 3.8) is 0 Å². The second-order valence-corrected chi connectivity index (χ2v) is 1.67. The predicted molar refractivity (Wildman–Crippen MR) is 47.2 cm³/mol. The summed E-state index contributed by atoms with van der Waals surface area (Å²) in [6, 6.07) is 3.16. The van der Waals surface area contributed by atoms with Gasteiger partial charge in [0, 0.05) is 18.1 Å². The number of anilines is 1. The lowest BCUT2D eigenvalue weighted by atomic mass is 10.4. The number of nitrogens with one attached hydrogen (secondary N) is 1. The van der Waals surface area contributed by atoms with E-state index in [1.165, 1.54) is 12.4 Å². The Balaban J connectivity index is 0.000000561. The lowest BCUT2D eigenvalue weighted by Gasteiger charge is -1.96. The normalized spacial score (nSPS) is 7.83. The molecule has 0 fully saturated rings. The molecule has 12 heavy (non-hydrogen) atoms. The first-order chi connectivity index (χ1) is 5.79. The summed E-state index contributed by atoms with van der Waals surface area (Å²) in [4.78, 5) is 13.8. The van der Waals surface area contributed by atoms with Gasteiger partial charge in [-0.1, -0.05) is 13.8 Å². The molecule has 0 bridgehead atoms. The molecule has 66 valence electrons. The molecular formula is C8H12N2O2. The third-order valence-electron chi connectivity index (χ3n) is 0.932. The van der Waals surface area contributed by atoms with Crippen LogP contribution in [-0.2, 0) is 0 Å². The average Bonchev–Trinajstić information content (AvgIpc) is 2.08. The van der Waals surface area contributed by atoms with E-state index in [4.69, 9.17) is 5.11 Å². The molecular weight excluding hydrogens is 156 g/mol. The van der Waals surface area contributed by atoms with Crippen LogP contribution in [0.25, 0.3) is 0 Å². The Morgan fingerprint density at radius 1 is 1.42 bits per heavy atom. The van der Waals surface area contributed by atoms with Crippen molar-refractivity contribution < 1.29 is 9.90 Å². The first kappa shape index (κ1) is 10.4. The number of carboxylic acid groups (broad SMARTS) is 1. The highest BCUT2D eigenvalue weighted by molar-refractivity contribution is 5.82. The first-order valence-electron chi connectivity index (χ1n) is 3.69. The first-order valence-corrected chi connectivity index (χ1v) is 3.69. The molecule has 4 heteroatoms. The van der Waals surface area contributed by atoms with Gasteiger partial charge in [-0.3, -0.25) is 10.3 Å². The quantitative estimate of drug-likeness (QED) is 0.675. The zero-order chi connectivity index (χ0) is 9.40. The van der Waals surface area contributed by atoms with Crippen molar-refractivity contribution in [1.82, 2.24) is 4.98 Å². The molecule has 0 aromatic carbocycles. The van der Waals surface area contributed by atoms with Gasteiger partial charge in [-0.15, -0.1) is 0 Å². The van der Waals surface area contributed by atoms with Gasteiger partial charge in [-0.05, 0) is 12.1 Å². The fourth-order valence-corrected chi connectivity index (χ4v) is 0.559. The second-order valence-electron chi connectivity index (χ2n) is 1.67. The maximum Gasteiger partial charge on any atom is 0.409 e. The lowest BCUT2D eigenvalue weighted by Crippen LogP contribution is -2.06. The van der Waals surface area contributed by atoms with E-state index >= 15 is 0 Å². The Labute approximate surface area is 71.3 Å². The van der Waals surface area contributed by atoms with Crippen molar-refractivity contribution in [3.8, 4) is 0 Å². The van der Waals surface area contributed by atoms with E-state index in [9.17, 15) is 4.79 Å². The monoisotopic (exact) mass is 168 g/mol. The maximum absolute atomic E-state index is 10.0. The SMILES string of the molecule is CC.O=C(O)Nc1ccncc1. The number of pyridine rings is 1. The standard InChI is InChI=1S/C6H6N2O2.C2H6/c9-6(10)8-5-1-3-7-4-2-5;1-2/h1-4H,(H,7,8)(H,9,10);1-2H3. The smallest absolute Gasteiger partial charge is 0.409 e. The van der Waals surface area contributed by atoms with Gasteiger partial charge in [0.2, 0.25) is 0 Å². The van der Waals surface area contributed by atoms with Crippen LogP contribution in [0.15, 0.2) is 24.5 Å². The zero-order valence-corrected chi connectivity index (χ0v) is 7.11. The molecule has 4 nitrogen and oxygen atoms in total. The number of hydrogen-bond donors (Lipinski definition) is 2. The highest BCUT2D eigenvalue weighted by Crippen LogP contribution is 2.01. The van der Waals surface area contributed by atoms with Gasteiger partial charge < -0.3 is 5.11 Å². The molecule has 1 amide bonds. The highest BCUT2D eigenvalue weighted by atomic mass is 16.4. The molecule has 1 heterocycles. The third kappa shape index (κ3) is 4.27. The fourth-order valence-electron chi connectivity index (χ4n) is 0.559. The number of carbonyl (C=O) groups is 1. The van der Waals surface area contributed by atoms with Gasteiger partial charge in [-0.2, -0.15) is 0 Å². The topological polar surface area (TPSA) is 62.2 Å². The van der Waals surface area contributed by atoms with Crippen molar-refractivity contribution >= 4 is 11.8 Å². The third-order valence-corrected chi connectivity index (χ3v) is 0.932. The minimum Gasteiger partial charge on any atom is -0.465 e. The summed E-state index contributed by atoms with van der Waals surface area (Å²) in [6.07, 6.45) is 1.97. The maximum atomic E-state index is 10.0. The van der Waals surface area contributed by atoms with Crippen molar-refractivity contribution in [2.45, 2.75) is 13.8 Å². The number of aromatic nitrogens is 1. The molecule has 1 aromatic heterocycles. The number of rotatable bonds is 1. The molecule has 2 N–H and O–H groups in total. The van der Waals surface area contributed by atoms with Gasteiger partial charge in [-0.25, -0.2) is 4.79 Å². The van der Waals surface area contributed by atoms with Crippen molar-refractivity contribution in [2.24, 2.45) is 0 Å². The molecule has 0 saturated heterocycles. The predicted octanol–water partition coefficient (Wildman–Crippen LogP) is 2.20. The summed E-state index contributed by atoms with van der Waals surface area (Å²) in [5, 5.41) is 10.4. The van der Waals surface area contributed by atoms with Crippen LogP contribution in [0.5, 0.6) is 0 Å². The Kier molecular flexibility index (Phi) is 5.34. The van der Waals surface area contributed by atoms with E-state index in [2.05, 4.69) is 10.3 Å². The van der Waals surface area contributed by atoms with E-state index in [0.717, 1.165) is 0 Å². The van der Waals surface area contributed by atoms with Gasteiger partial charge in [0.05, 0.1) is 0 Å². The summed E-state index contributed by atoms with van der Waals surface area (Å²) in [5.74, 6) is 0. The molecule has 0 aliphatic heterocycles. The van der Waals surface area contributed by atoms with Gasteiger partial charge in [0.1, 0.15) is 0 Å². The Morgan fingerprint density at radius 2 is 1.92 bits per heavy atom. The molecule has 0 unspecified atom stereocenters. The summed E-state index contributed by atoms with van der Waals surface area (Å²) in [6.45, 7) is 4.00. The van der Waals surface area contributed by atoms with Crippen LogP contribution in [-0.4, -0.2) is 16.2 Å². The fraction of sp³-hybridized carbons (Fsp3) is 0.250. The van der Waals surface area contributed by atoms with E-state index in [1.807, 2.05) is 13.8 Å². The number of hydrogen-bond acceptors (Lipinski definition) is 2. The summed E-state index contributed by atoms with van der Waals surface area (Å²) in [7, 11) is 0. The largest absolute Gasteiger partial charge is 0.465 e. The van der Waals surface area contributed by atoms with Crippen LogP contribution in [0.4, 0.5) is 10.5 Å². The molecule has 0 aliphatic rings. The lowest BCUT2D eigenvalue weighted by molar-refractivity contribution is 0.210. The molecule has 0 saturated carbocycles. The average molecular weight is 168 g/mol. The minimum absolute atomic E-state index is 0.530. The van der Waals surface area contributed by atoms with Crippen molar-refractivity contribution in [2.75, 3.05) is 5.32 Å². The summed E-state index contributed by atoms with van der Waals surface area (Å²) < 4.78 is 0. The molecule has 1 aromatic rings. The Hall–Kier alpha value is -1.58. The van der Waals surface area contributed by atoms with Gasteiger partial charge in [0.25, 0.3) is 0 Å². The van der Waals surface area contributed by atoms with E-state index in [0.29, 0.717) is 5.69 Å². The van der Waals surface area contributed by atoms with Crippen LogP contribution in [0.1, 0.15) is 13.8 Å². The van der Waals surface area contributed by atoms with Crippen LogP contribution >= 0.6 is 0 Å². The van der Waals surface area contributed by atoms with Crippen LogP contribution in [0.2, 0.25) is 0 Å². The molecule has 1 rings (SSSR count). The minimum atomic E-state index is -1.06. The van der Waals surface area contributed by atoms with Crippen molar-refractivity contribution in [3.05, 3.63) is 24.5 Å². The summed E-state index contributed by atoms with van der Waals surface area (Å²) in [5.41, 5.74) is 0.530. The van der Waals surface area contributed by atoms with Crippen LogP contribution in [0, 0.1) is 0 Å². The number of amides is 1. The highest BCUT2D eigenvalue weighted by Gasteiger charge is 1.93. The Morgan fingerprint density at radius 3 is 2.33 bits per heavy atom. The van der Waals surface area contributed by atoms with E-state index < -0.39 is 6.09 Å². The van der Waals surface area contributed by atoms with Gasteiger partial charge in [0.15, 0.2) is 0 Å². The van der Waals surface area contributed by atoms with E-state index in [-0.39, 0.29) is 0 Å². The zero-order valence-electron chi connectivity index (χ0n) is 7.11. The molecule has 0 spiro atoms. The number of nitrogens with zero attached hydrogens (tertiary/aromatic N) is 1. The van der Waals surface area contributed by atoms with Crippen LogP contribution in [0.3, 0.4) is 0 Å². The Bertz CT molecular complexity index is 224.